The first-order valence-corrected chi connectivity index (χ1v) is 15.5. The molecular weight excluding hydrogens is 627 g/mol. The van der Waals surface area contributed by atoms with Crippen LogP contribution in [0.4, 0.5) is 0 Å². The molecule has 2 aliphatic carbocycles. The Balaban J connectivity index is 1.95. The van der Waals surface area contributed by atoms with Crippen LogP contribution in [0.2, 0.25) is 0 Å². The third-order valence-electron chi connectivity index (χ3n) is 7.77. The SMILES string of the molecule is CCCCCCN(C(=O)CC1CCCC1)C1CC(C(=O)NCCO)=CC(Oc2c(I)cc(C=O)cc2OC)C1O. The van der Waals surface area contributed by atoms with Crippen molar-refractivity contribution in [3.63, 3.8) is 0 Å². The maximum absolute atomic E-state index is 13.7. The van der Waals surface area contributed by atoms with Crippen LogP contribution < -0.4 is 14.8 Å². The molecule has 40 heavy (non-hydrogen) atoms. The third kappa shape index (κ3) is 8.66. The highest BCUT2D eigenvalue weighted by atomic mass is 127. The van der Waals surface area contributed by atoms with Crippen molar-refractivity contribution in [3.05, 3.63) is 32.9 Å². The fraction of sp³-hybridized carbons (Fsp3) is 0.633. The average molecular weight is 671 g/mol. The second-order valence-corrected chi connectivity index (χ2v) is 11.8. The van der Waals surface area contributed by atoms with Gasteiger partial charge in [0.1, 0.15) is 18.5 Å². The Morgan fingerprint density at radius 1 is 1.20 bits per heavy atom. The number of halogens is 1. The van der Waals surface area contributed by atoms with Crippen LogP contribution in [-0.4, -0.2) is 78.3 Å². The lowest BCUT2D eigenvalue weighted by atomic mass is 9.87. The minimum atomic E-state index is -1.10. The molecule has 222 valence electrons. The van der Waals surface area contributed by atoms with Gasteiger partial charge in [0.05, 0.1) is 23.3 Å². The Kier molecular flexibility index (Phi) is 13.2. The zero-order chi connectivity index (χ0) is 29.1. The molecule has 1 aromatic rings. The number of carbonyl (C=O) groups is 3. The lowest BCUT2D eigenvalue weighted by molar-refractivity contribution is -0.139. The Labute approximate surface area is 250 Å². The number of methoxy groups -OCH3 is 1. The maximum atomic E-state index is 13.7. The number of hydrogen-bond acceptors (Lipinski definition) is 7. The van der Waals surface area contributed by atoms with Crippen molar-refractivity contribution >= 4 is 40.7 Å². The van der Waals surface area contributed by atoms with Gasteiger partial charge in [-0.15, -0.1) is 0 Å². The molecule has 10 heteroatoms. The average Bonchev–Trinajstić information content (AvgIpc) is 3.46. The molecule has 0 heterocycles. The van der Waals surface area contributed by atoms with Gasteiger partial charge in [0.25, 0.3) is 0 Å². The standard InChI is InChI=1S/C30H43IN2O7/c1-3-4-5-8-12-33(27(36)16-20-9-6-7-10-20)24-17-22(30(38)32-11-13-34)18-25(28(24)37)40-29-23(31)14-21(19-35)15-26(29)39-2/h14-15,18-20,24-25,28,34,37H,3-13,16-17H2,1-2H3,(H,32,38). The maximum Gasteiger partial charge on any atom is 0.247 e. The first-order chi connectivity index (χ1) is 19.3. The van der Waals surface area contributed by atoms with E-state index in [1.807, 2.05) is 22.6 Å². The number of nitrogens with one attached hydrogen (secondary N) is 1. The molecule has 1 fully saturated rings. The summed E-state index contributed by atoms with van der Waals surface area (Å²) < 4.78 is 12.4. The van der Waals surface area contributed by atoms with Gasteiger partial charge in [0.15, 0.2) is 11.5 Å². The van der Waals surface area contributed by atoms with Crippen LogP contribution in [-0.2, 0) is 9.59 Å². The summed E-state index contributed by atoms with van der Waals surface area (Å²) in [5, 5.41) is 23.6. The fourth-order valence-electron chi connectivity index (χ4n) is 5.60. The highest BCUT2D eigenvalue weighted by Crippen LogP contribution is 2.37. The van der Waals surface area contributed by atoms with E-state index in [9.17, 15) is 24.6 Å². The molecule has 0 bridgehead atoms. The van der Waals surface area contributed by atoms with Crippen molar-refractivity contribution in [2.45, 2.75) is 89.4 Å². The third-order valence-corrected chi connectivity index (χ3v) is 8.57. The first kappa shape index (κ1) is 32.3. The number of nitrogens with zero attached hydrogens (tertiary/aromatic N) is 1. The zero-order valence-corrected chi connectivity index (χ0v) is 25.7. The summed E-state index contributed by atoms with van der Waals surface area (Å²) in [5.41, 5.74) is 0.811. The highest BCUT2D eigenvalue weighted by Gasteiger charge is 2.41. The summed E-state index contributed by atoms with van der Waals surface area (Å²) in [4.78, 5) is 39.9. The molecule has 3 unspecified atom stereocenters. The highest BCUT2D eigenvalue weighted by molar-refractivity contribution is 14.1. The van der Waals surface area contributed by atoms with Crippen LogP contribution >= 0.6 is 22.6 Å². The number of hydrogen-bond donors (Lipinski definition) is 3. The van der Waals surface area contributed by atoms with Crippen LogP contribution in [0, 0.1) is 9.49 Å². The molecule has 3 N–H and O–H groups in total. The van der Waals surface area contributed by atoms with Crippen LogP contribution in [0.15, 0.2) is 23.8 Å². The van der Waals surface area contributed by atoms with E-state index in [-0.39, 0.29) is 31.4 Å². The summed E-state index contributed by atoms with van der Waals surface area (Å²) >= 11 is 2.04. The minimum absolute atomic E-state index is 0.00529. The number of benzene rings is 1. The van der Waals surface area contributed by atoms with Gasteiger partial charge in [-0.05, 0) is 66.0 Å². The van der Waals surface area contributed by atoms with E-state index in [4.69, 9.17) is 9.47 Å². The van der Waals surface area contributed by atoms with Crippen molar-refractivity contribution in [2.75, 3.05) is 26.8 Å². The Morgan fingerprint density at radius 3 is 2.60 bits per heavy atom. The second-order valence-electron chi connectivity index (χ2n) is 10.7. The van der Waals surface area contributed by atoms with Crippen molar-refractivity contribution in [3.8, 4) is 11.5 Å². The van der Waals surface area contributed by atoms with Crippen molar-refractivity contribution in [1.82, 2.24) is 10.2 Å². The van der Waals surface area contributed by atoms with Gasteiger partial charge in [-0.25, -0.2) is 0 Å². The van der Waals surface area contributed by atoms with Crippen molar-refractivity contribution < 1.29 is 34.1 Å². The predicted octanol–water partition coefficient (Wildman–Crippen LogP) is 4.02. The molecule has 3 rings (SSSR count). The number of amides is 2. The molecule has 0 saturated heterocycles. The summed E-state index contributed by atoms with van der Waals surface area (Å²) in [6.45, 7) is 2.53. The van der Waals surface area contributed by atoms with Gasteiger partial charge in [-0.2, -0.15) is 0 Å². The monoisotopic (exact) mass is 670 g/mol. The van der Waals surface area contributed by atoms with E-state index in [0.29, 0.717) is 45.1 Å². The number of aldehydes is 1. The van der Waals surface area contributed by atoms with E-state index in [1.54, 1.807) is 23.1 Å². The van der Waals surface area contributed by atoms with E-state index < -0.39 is 18.2 Å². The Bertz CT molecular complexity index is 1040. The second kappa shape index (κ2) is 16.3. The summed E-state index contributed by atoms with van der Waals surface area (Å²) in [6, 6.07) is 2.56. The van der Waals surface area contributed by atoms with Gasteiger partial charge in [0.2, 0.25) is 11.8 Å². The molecule has 2 aliphatic rings. The molecule has 9 nitrogen and oxygen atoms in total. The molecule has 2 amide bonds. The smallest absolute Gasteiger partial charge is 0.247 e. The van der Waals surface area contributed by atoms with Crippen LogP contribution in [0.5, 0.6) is 11.5 Å². The molecule has 3 atom stereocenters. The molecule has 1 aromatic carbocycles. The normalized spacial score (nSPS) is 21.0. The quantitative estimate of drug-likeness (QED) is 0.146. The number of aliphatic hydroxyl groups is 2. The van der Waals surface area contributed by atoms with E-state index in [2.05, 4.69) is 12.2 Å². The van der Waals surface area contributed by atoms with Crippen LogP contribution in [0.25, 0.3) is 0 Å². The molecule has 0 aromatic heterocycles. The predicted molar refractivity (Wildman–Crippen MR) is 161 cm³/mol. The number of unbranched alkanes of at least 4 members (excludes halogenated alkanes) is 3. The number of rotatable bonds is 15. The summed E-state index contributed by atoms with van der Waals surface area (Å²) in [5.74, 6) is 0.661. The number of carbonyl (C=O) groups excluding carboxylic acids is 3. The number of ether oxygens (including phenoxy) is 2. The lowest BCUT2D eigenvalue weighted by Crippen LogP contribution is -2.55. The fourth-order valence-corrected chi connectivity index (χ4v) is 6.35. The summed E-state index contributed by atoms with van der Waals surface area (Å²) in [6.07, 6.45) is 9.16. The Hall–Kier alpha value is -2.18. The topological polar surface area (TPSA) is 125 Å². The lowest BCUT2D eigenvalue weighted by Gasteiger charge is -2.41. The van der Waals surface area contributed by atoms with Gasteiger partial charge < -0.3 is 29.9 Å². The zero-order valence-electron chi connectivity index (χ0n) is 23.6. The summed E-state index contributed by atoms with van der Waals surface area (Å²) in [7, 11) is 1.47. The molecule has 0 spiro atoms. The largest absolute Gasteiger partial charge is 0.493 e. The first-order valence-electron chi connectivity index (χ1n) is 14.4. The molecule has 1 saturated carbocycles. The van der Waals surface area contributed by atoms with E-state index >= 15 is 0 Å². The molecular formula is C30H43IN2O7. The number of aliphatic hydroxyl groups excluding tert-OH is 2. The van der Waals surface area contributed by atoms with E-state index in [0.717, 1.165) is 57.7 Å². The van der Waals surface area contributed by atoms with E-state index in [1.165, 1.54) is 7.11 Å². The van der Waals surface area contributed by atoms with Gasteiger partial charge in [-0.3, -0.25) is 14.4 Å². The molecule has 0 radical (unpaired) electrons. The van der Waals surface area contributed by atoms with Gasteiger partial charge >= 0.3 is 0 Å². The molecule has 0 aliphatic heterocycles. The Morgan fingerprint density at radius 2 is 1.95 bits per heavy atom. The van der Waals surface area contributed by atoms with Gasteiger partial charge in [0, 0.05) is 37.1 Å². The van der Waals surface area contributed by atoms with Crippen molar-refractivity contribution in [1.29, 1.82) is 0 Å². The van der Waals surface area contributed by atoms with Gasteiger partial charge in [-0.1, -0.05) is 39.0 Å². The van der Waals surface area contributed by atoms with Crippen LogP contribution in [0.1, 0.15) is 81.5 Å². The minimum Gasteiger partial charge on any atom is -0.493 e. The van der Waals surface area contributed by atoms with Crippen molar-refractivity contribution in [2.24, 2.45) is 5.92 Å². The van der Waals surface area contributed by atoms with Crippen LogP contribution in [0.3, 0.4) is 0 Å².